The van der Waals surface area contributed by atoms with Gasteiger partial charge in [0.15, 0.2) is 0 Å². The maximum atomic E-state index is 12.2. The number of carbonyl (C=O) groups is 2. The number of aromatic nitrogens is 1. The van der Waals surface area contributed by atoms with E-state index in [1.54, 1.807) is 12.4 Å². The van der Waals surface area contributed by atoms with Crippen LogP contribution in [0.3, 0.4) is 0 Å². The number of hydrogen-bond donors (Lipinski definition) is 2. The van der Waals surface area contributed by atoms with Crippen molar-refractivity contribution < 1.29 is 9.59 Å². The summed E-state index contributed by atoms with van der Waals surface area (Å²) in [5, 5.41) is 5.73. The van der Waals surface area contributed by atoms with Crippen molar-refractivity contribution in [2.24, 2.45) is 11.3 Å². The second-order valence-electron chi connectivity index (χ2n) is 6.06. The minimum absolute atomic E-state index is 0.133. The third kappa shape index (κ3) is 4.03. The molecule has 2 N–H and O–H groups in total. The lowest BCUT2D eigenvalue weighted by Crippen LogP contribution is -2.43. The summed E-state index contributed by atoms with van der Waals surface area (Å²) >= 11 is 0. The molecular weight excluding hydrogens is 266 g/mol. The molecule has 2 rings (SSSR count). The van der Waals surface area contributed by atoms with Gasteiger partial charge in [-0.1, -0.05) is 19.9 Å². The molecule has 0 bridgehead atoms. The van der Waals surface area contributed by atoms with Crippen molar-refractivity contribution in [3.63, 3.8) is 0 Å². The molecule has 0 radical (unpaired) electrons. The molecule has 1 aliphatic rings. The highest BCUT2D eigenvalue weighted by atomic mass is 16.2. The third-order valence-corrected chi connectivity index (χ3v) is 3.80. The Kier molecular flexibility index (Phi) is 4.94. The highest BCUT2D eigenvalue weighted by Gasteiger charge is 2.56. The monoisotopic (exact) mass is 289 g/mol. The summed E-state index contributed by atoms with van der Waals surface area (Å²) in [5.74, 6) is 0.236. The zero-order chi connectivity index (χ0) is 15.3. The average molecular weight is 289 g/mol. The Morgan fingerprint density at radius 3 is 2.57 bits per heavy atom. The number of carbonyl (C=O) groups excluding carboxylic acids is 2. The Hall–Kier alpha value is -1.91. The molecule has 0 unspecified atom stereocenters. The predicted molar refractivity (Wildman–Crippen MR) is 80.2 cm³/mol. The molecule has 0 saturated heterocycles. The molecule has 1 aromatic rings. The normalized spacial score (nSPS) is 15.6. The van der Waals surface area contributed by atoms with E-state index in [0.717, 1.165) is 12.0 Å². The number of amides is 2. The molecule has 1 heterocycles. The van der Waals surface area contributed by atoms with E-state index in [4.69, 9.17) is 0 Å². The molecule has 1 aromatic heterocycles. The van der Waals surface area contributed by atoms with E-state index in [-0.39, 0.29) is 11.8 Å². The van der Waals surface area contributed by atoms with Crippen molar-refractivity contribution in [2.75, 3.05) is 6.54 Å². The Morgan fingerprint density at radius 2 is 2.00 bits per heavy atom. The quantitative estimate of drug-likeness (QED) is 0.750. The summed E-state index contributed by atoms with van der Waals surface area (Å²) in [7, 11) is 0. The van der Waals surface area contributed by atoms with Gasteiger partial charge in [0, 0.05) is 25.5 Å². The van der Waals surface area contributed by atoms with E-state index in [0.29, 0.717) is 31.8 Å². The first-order valence-corrected chi connectivity index (χ1v) is 7.50. The molecule has 2 amide bonds. The number of nitrogens with one attached hydrogen (secondary N) is 2. The van der Waals surface area contributed by atoms with Crippen LogP contribution in [-0.2, 0) is 16.1 Å². The number of rotatable bonds is 7. The van der Waals surface area contributed by atoms with E-state index in [1.807, 2.05) is 12.1 Å². The van der Waals surface area contributed by atoms with Gasteiger partial charge in [-0.15, -0.1) is 0 Å². The van der Waals surface area contributed by atoms with Crippen molar-refractivity contribution in [3.8, 4) is 0 Å². The fourth-order valence-electron chi connectivity index (χ4n) is 2.18. The van der Waals surface area contributed by atoms with Crippen molar-refractivity contribution in [1.29, 1.82) is 0 Å². The van der Waals surface area contributed by atoms with Crippen molar-refractivity contribution >= 4 is 11.8 Å². The van der Waals surface area contributed by atoms with Gasteiger partial charge in [-0.05, 0) is 36.8 Å². The van der Waals surface area contributed by atoms with E-state index in [1.165, 1.54) is 0 Å². The fourth-order valence-corrected chi connectivity index (χ4v) is 2.18. The molecule has 114 valence electrons. The maximum Gasteiger partial charge on any atom is 0.235 e. The first-order chi connectivity index (χ1) is 10.0. The van der Waals surface area contributed by atoms with E-state index >= 15 is 0 Å². The average Bonchev–Trinajstić information content (AvgIpc) is 3.27. The summed E-state index contributed by atoms with van der Waals surface area (Å²) in [4.78, 5) is 28.4. The summed E-state index contributed by atoms with van der Waals surface area (Å²) in [6.45, 7) is 5.27. The standard InChI is InChI=1S/C16H23N3O2/c1-12(2)5-9-18-14(20)16(6-7-16)15(21)19-11-13-4-3-8-17-10-13/h3-4,8,10,12H,5-7,9,11H2,1-2H3,(H,18,20)(H,19,21). The van der Waals surface area contributed by atoms with Gasteiger partial charge in [-0.2, -0.15) is 0 Å². The molecule has 0 aliphatic heterocycles. The first kappa shape index (κ1) is 15.5. The van der Waals surface area contributed by atoms with Gasteiger partial charge < -0.3 is 10.6 Å². The summed E-state index contributed by atoms with van der Waals surface area (Å²) < 4.78 is 0. The highest BCUT2D eigenvalue weighted by molar-refractivity contribution is 6.07. The molecule has 5 nitrogen and oxygen atoms in total. The lowest BCUT2D eigenvalue weighted by atomic mass is 10.0. The van der Waals surface area contributed by atoms with Crippen LogP contribution in [0, 0.1) is 11.3 Å². The second kappa shape index (κ2) is 6.70. The maximum absolute atomic E-state index is 12.2. The van der Waals surface area contributed by atoms with Crippen LogP contribution >= 0.6 is 0 Å². The van der Waals surface area contributed by atoms with E-state index in [2.05, 4.69) is 29.5 Å². The largest absolute Gasteiger partial charge is 0.355 e. The SMILES string of the molecule is CC(C)CCNC(=O)C1(C(=O)NCc2cccnc2)CC1. The van der Waals surface area contributed by atoms with Crippen LogP contribution in [0.25, 0.3) is 0 Å². The molecule has 1 aliphatic carbocycles. The number of hydrogen-bond acceptors (Lipinski definition) is 3. The molecular formula is C16H23N3O2. The lowest BCUT2D eigenvalue weighted by Gasteiger charge is -2.16. The zero-order valence-corrected chi connectivity index (χ0v) is 12.7. The Balaban J connectivity index is 1.82. The van der Waals surface area contributed by atoms with Crippen molar-refractivity contribution in [3.05, 3.63) is 30.1 Å². The van der Waals surface area contributed by atoms with Gasteiger partial charge in [-0.3, -0.25) is 14.6 Å². The van der Waals surface area contributed by atoms with E-state index in [9.17, 15) is 9.59 Å². The molecule has 1 fully saturated rings. The van der Waals surface area contributed by atoms with E-state index < -0.39 is 5.41 Å². The van der Waals surface area contributed by atoms with Gasteiger partial charge in [0.25, 0.3) is 0 Å². The molecule has 1 saturated carbocycles. The lowest BCUT2D eigenvalue weighted by molar-refractivity contribution is -0.137. The predicted octanol–water partition coefficient (Wildman–Crippen LogP) is 1.64. The molecule has 21 heavy (non-hydrogen) atoms. The summed E-state index contributed by atoms with van der Waals surface area (Å²) in [6.07, 6.45) is 5.61. The summed E-state index contributed by atoms with van der Waals surface area (Å²) in [5.41, 5.74) is 0.0981. The van der Waals surface area contributed by atoms with Crippen LogP contribution in [-0.4, -0.2) is 23.3 Å². The van der Waals surface area contributed by atoms with Gasteiger partial charge in [0.05, 0.1) is 0 Å². The Labute approximate surface area is 125 Å². The highest BCUT2D eigenvalue weighted by Crippen LogP contribution is 2.46. The van der Waals surface area contributed by atoms with Crippen LogP contribution in [0.5, 0.6) is 0 Å². The van der Waals surface area contributed by atoms with Crippen molar-refractivity contribution in [2.45, 2.75) is 39.7 Å². The summed E-state index contributed by atoms with van der Waals surface area (Å²) in [6, 6.07) is 3.72. The molecule has 0 atom stereocenters. The Morgan fingerprint density at radius 1 is 1.29 bits per heavy atom. The Bertz CT molecular complexity index is 496. The fraction of sp³-hybridized carbons (Fsp3) is 0.562. The van der Waals surface area contributed by atoms with Crippen LogP contribution < -0.4 is 10.6 Å². The minimum Gasteiger partial charge on any atom is -0.355 e. The number of pyridine rings is 1. The van der Waals surface area contributed by atoms with Crippen molar-refractivity contribution in [1.82, 2.24) is 15.6 Å². The van der Waals surface area contributed by atoms with Crippen LogP contribution in [0.4, 0.5) is 0 Å². The van der Waals surface area contributed by atoms with Crippen LogP contribution in [0.15, 0.2) is 24.5 Å². The van der Waals surface area contributed by atoms with Crippen LogP contribution in [0.2, 0.25) is 0 Å². The second-order valence-corrected chi connectivity index (χ2v) is 6.06. The van der Waals surface area contributed by atoms with Gasteiger partial charge in [0.1, 0.15) is 5.41 Å². The van der Waals surface area contributed by atoms with Gasteiger partial charge in [0.2, 0.25) is 11.8 Å². The zero-order valence-electron chi connectivity index (χ0n) is 12.7. The molecule has 0 spiro atoms. The molecule has 0 aromatic carbocycles. The number of nitrogens with zero attached hydrogens (tertiary/aromatic N) is 1. The molecule has 5 heteroatoms. The van der Waals surface area contributed by atoms with Gasteiger partial charge >= 0.3 is 0 Å². The van der Waals surface area contributed by atoms with Gasteiger partial charge in [-0.25, -0.2) is 0 Å². The first-order valence-electron chi connectivity index (χ1n) is 7.50. The minimum atomic E-state index is -0.834. The smallest absolute Gasteiger partial charge is 0.235 e. The topological polar surface area (TPSA) is 71.1 Å². The third-order valence-electron chi connectivity index (χ3n) is 3.80. The van der Waals surface area contributed by atoms with Crippen LogP contribution in [0.1, 0.15) is 38.7 Å².